The van der Waals surface area contributed by atoms with E-state index in [4.69, 9.17) is 4.99 Å². The summed E-state index contributed by atoms with van der Waals surface area (Å²) < 4.78 is 0. The van der Waals surface area contributed by atoms with Crippen molar-refractivity contribution < 1.29 is 0 Å². The maximum Gasteiger partial charge on any atom is 0.0668 e. The van der Waals surface area contributed by atoms with Gasteiger partial charge in [0.1, 0.15) is 0 Å². The van der Waals surface area contributed by atoms with Gasteiger partial charge in [-0.05, 0) is 40.8 Å². The topological polar surface area (TPSA) is 15.6 Å². The Kier molecular flexibility index (Phi) is 6.28. The Morgan fingerprint density at radius 3 is 2.48 bits per heavy atom. The summed E-state index contributed by atoms with van der Waals surface area (Å²) in [5, 5.41) is 2.15. The molecule has 1 heterocycles. The molecule has 3 heteroatoms. The van der Waals surface area contributed by atoms with Crippen molar-refractivity contribution in [2.24, 2.45) is 4.99 Å². The molecule has 0 aromatic heterocycles. The number of benzodiazepines with no additional fused rings is 1. The van der Waals surface area contributed by atoms with E-state index >= 15 is 0 Å². The molecule has 0 aliphatic carbocycles. The van der Waals surface area contributed by atoms with Gasteiger partial charge in [-0.15, -0.1) is 0 Å². The number of rotatable bonds is 5. The molecule has 0 unspecified atom stereocenters. The lowest BCUT2D eigenvalue weighted by atomic mass is 10.1. The number of fused-ring (bicyclic) bond motifs is 1. The van der Waals surface area contributed by atoms with Gasteiger partial charge in [-0.1, -0.05) is 84.6 Å². The monoisotopic (exact) mass is 396 g/mol. The zero-order valence-electron chi connectivity index (χ0n) is 16.5. The van der Waals surface area contributed by atoms with Gasteiger partial charge >= 0.3 is 0 Å². The van der Waals surface area contributed by atoms with Crippen LogP contribution in [0.3, 0.4) is 0 Å². The molecule has 3 aromatic rings. The molecule has 4 rings (SSSR count). The summed E-state index contributed by atoms with van der Waals surface area (Å²) >= 11 is 1.74. The van der Waals surface area contributed by atoms with Crippen LogP contribution in [-0.2, 0) is 0 Å². The zero-order valence-corrected chi connectivity index (χ0v) is 17.3. The van der Waals surface area contributed by atoms with Crippen molar-refractivity contribution in [3.8, 4) is 0 Å². The van der Waals surface area contributed by atoms with Gasteiger partial charge in [-0.2, -0.15) is 0 Å². The lowest BCUT2D eigenvalue weighted by molar-refractivity contribution is 0.897. The molecular weight excluding hydrogens is 372 g/mol. The van der Waals surface area contributed by atoms with Crippen molar-refractivity contribution in [2.45, 2.75) is 4.90 Å². The molecule has 0 spiro atoms. The first kappa shape index (κ1) is 19.3. The summed E-state index contributed by atoms with van der Waals surface area (Å²) in [5.74, 6) is 0. The highest BCUT2D eigenvalue weighted by Crippen LogP contribution is 2.27. The maximum absolute atomic E-state index is 4.83. The van der Waals surface area contributed by atoms with Crippen molar-refractivity contribution in [1.82, 2.24) is 0 Å². The van der Waals surface area contributed by atoms with E-state index in [0.717, 1.165) is 18.8 Å². The lowest BCUT2D eigenvalue weighted by Crippen LogP contribution is -2.20. The van der Waals surface area contributed by atoms with Crippen LogP contribution in [0.1, 0.15) is 16.7 Å². The van der Waals surface area contributed by atoms with Gasteiger partial charge in [0.15, 0.2) is 0 Å². The lowest BCUT2D eigenvalue weighted by Gasteiger charge is -2.18. The van der Waals surface area contributed by atoms with Gasteiger partial charge < -0.3 is 4.90 Å². The molecule has 3 aromatic carbocycles. The Labute approximate surface area is 177 Å². The largest absolute Gasteiger partial charge is 0.372 e. The quantitative estimate of drug-likeness (QED) is 0.464. The minimum atomic E-state index is 0.807. The average Bonchev–Trinajstić information content (AvgIpc) is 2.93. The van der Waals surface area contributed by atoms with Crippen molar-refractivity contribution >= 4 is 35.3 Å². The minimum absolute atomic E-state index is 0.807. The molecule has 0 saturated heterocycles. The van der Waals surface area contributed by atoms with E-state index in [-0.39, 0.29) is 0 Å². The molecular formula is C26H24N2S. The maximum atomic E-state index is 4.83. The molecule has 0 saturated carbocycles. The van der Waals surface area contributed by atoms with E-state index in [1.165, 1.54) is 27.3 Å². The number of para-hydroxylation sites is 1. The normalized spacial score (nSPS) is 14.1. The summed E-state index contributed by atoms with van der Waals surface area (Å²) in [6.07, 6.45) is 6.48. The number of aliphatic imine (C=N–C) groups is 1. The van der Waals surface area contributed by atoms with Crippen LogP contribution in [0.5, 0.6) is 0 Å². The predicted octanol–water partition coefficient (Wildman–Crippen LogP) is 6.40. The SMILES string of the molecule is CN1CCN=C(/C=C/c2ccccc2SC=Cc2ccccc2)c2ccccc21. The van der Waals surface area contributed by atoms with Crippen LogP contribution in [0.15, 0.2) is 100 Å². The summed E-state index contributed by atoms with van der Waals surface area (Å²) in [6, 6.07) is 27.4. The van der Waals surface area contributed by atoms with Crippen LogP contribution in [0.2, 0.25) is 0 Å². The van der Waals surface area contributed by atoms with Crippen LogP contribution < -0.4 is 4.90 Å². The number of hydrogen-bond acceptors (Lipinski definition) is 3. The van der Waals surface area contributed by atoms with Crippen molar-refractivity contribution in [3.05, 3.63) is 107 Å². The fourth-order valence-electron chi connectivity index (χ4n) is 3.34. The van der Waals surface area contributed by atoms with E-state index in [9.17, 15) is 0 Å². The Morgan fingerprint density at radius 1 is 0.828 bits per heavy atom. The minimum Gasteiger partial charge on any atom is -0.372 e. The molecule has 1 aliphatic heterocycles. The standard InChI is InChI=1S/C26H24N2S/c1-28-19-18-27-24(23-12-6-7-13-25(23)28)16-15-22-11-5-8-14-26(22)29-20-17-21-9-3-2-4-10-21/h2-17,20H,18-19H2,1H3/b16-15+,20-17?. The van der Waals surface area contributed by atoms with Gasteiger partial charge in [0.05, 0.1) is 12.3 Å². The summed E-state index contributed by atoms with van der Waals surface area (Å²) in [5.41, 5.74) is 5.89. The van der Waals surface area contributed by atoms with Crippen LogP contribution in [-0.4, -0.2) is 25.8 Å². The fraction of sp³-hybridized carbons (Fsp3) is 0.115. The number of anilines is 1. The number of nitrogens with zero attached hydrogens (tertiary/aromatic N) is 2. The van der Waals surface area contributed by atoms with Crippen LogP contribution >= 0.6 is 11.8 Å². The van der Waals surface area contributed by atoms with Crippen molar-refractivity contribution in [2.75, 3.05) is 25.0 Å². The van der Waals surface area contributed by atoms with Gasteiger partial charge in [0.2, 0.25) is 0 Å². The number of hydrogen-bond donors (Lipinski definition) is 0. The molecule has 29 heavy (non-hydrogen) atoms. The number of thioether (sulfide) groups is 1. The van der Waals surface area contributed by atoms with Crippen molar-refractivity contribution in [1.29, 1.82) is 0 Å². The molecule has 0 bridgehead atoms. The van der Waals surface area contributed by atoms with Crippen LogP contribution in [0.25, 0.3) is 12.2 Å². The van der Waals surface area contributed by atoms with Crippen molar-refractivity contribution in [3.63, 3.8) is 0 Å². The second-order valence-electron chi connectivity index (χ2n) is 6.91. The van der Waals surface area contributed by atoms with E-state index in [0.29, 0.717) is 0 Å². The summed E-state index contributed by atoms with van der Waals surface area (Å²) in [6.45, 7) is 1.74. The second kappa shape index (κ2) is 9.44. The molecule has 1 aliphatic rings. The van der Waals surface area contributed by atoms with E-state index in [1.54, 1.807) is 11.8 Å². The van der Waals surface area contributed by atoms with Gasteiger partial charge in [0, 0.05) is 29.7 Å². The third-order valence-corrected chi connectivity index (χ3v) is 5.80. The Hall–Kier alpha value is -3.04. The summed E-state index contributed by atoms with van der Waals surface area (Å²) in [7, 11) is 2.13. The number of allylic oxidation sites excluding steroid dienone is 1. The summed E-state index contributed by atoms with van der Waals surface area (Å²) in [4.78, 5) is 8.34. The molecule has 144 valence electrons. The highest BCUT2D eigenvalue weighted by atomic mass is 32.2. The smallest absolute Gasteiger partial charge is 0.0668 e. The molecule has 0 fully saturated rings. The number of likely N-dealkylation sites (N-methyl/N-ethyl adjacent to an activating group) is 1. The Morgan fingerprint density at radius 2 is 1.59 bits per heavy atom. The first-order valence-corrected chi connectivity index (χ1v) is 10.7. The predicted molar refractivity (Wildman–Crippen MR) is 128 cm³/mol. The van der Waals surface area contributed by atoms with Crippen LogP contribution in [0.4, 0.5) is 5.69 Å². The second-order valence-corrected chi connectivity index (χ2v) is 7.86. The van der Waals surface area contributed by atoms with E-state index in [1.807, 2.05) is 6.07 Å². The van der Waals surface area contributed by atoms with E-state index in [2.05, 4.69) is 108 Å². The Balaban J connectivity index is 1.56. The highest BCUT2D eigenvalue weighted by molar-refractivity contribution is 8.02. The molecule has 0 radical (unpaired) electrons. The molecule has 0 N–H and O–H groups in total. The first-order chi connectivity index (χ1) is 14.3. The number of benzene rings is 3. The fourth-order valence-corrected chi connectivity index (χ4v) is 4.14. The third-order valence-electron chi connectivity index (χ3n) is 4.90. The van der Waals surface area contributed by atoms with Crippen LogP contribution in [0, 0.1) is 0 Å². The first-order valence-electron chi connectivity index (χ1n) is 9.81. The highest BCUT2D eigenvalue weighted by Gasteiger charge is 2.13. The average molecular weight is 397 g/mol. The van der Waals surface area contributed by atoms with Gasteiger partial charge in [-0.3, -0.25) is 4.99 Å². The Bertz CT molecular complexity index is 1050. The zero-order chi connectivity index (χ0) is 19.9. The molecule has 0 atom stereocenters. The van der Waals surface area contributed by atoms with E-state index < -0.39 is 0 Å². The molecule has 2 nitrogen and oxygen atoms in total. The van der Waals surface area contributed by atoms with Gasteiger partial charge in [0.25, 0.3) is 0 Å². The van der Waals surface area contributed by atoms with Gasteiger partial charge in [-0.25, -0.2) is 0 Å². The third kappa shape index (κ3) is 4.87. The molecule has 0 amide bonds.